The lowest BCUT2D eigenvalue weighted by molar-refractivity contribution is -0.388. The van der Waals surface area contributed by atoms with E-state index in [9.17, 15) is 14.9 Å². The number of anilines is 1. The average molecular weight is 280 g/mol. The van der Waals surface area contributed by atoms with Crippen molar-refractivity contribution in [2.24, 2.45) is 0 Å². The second-order valence-corrected chi connectivity index (χ2v) is 4.76. The fourth-order valence-corrected chi connectivity index (χ4v) is 2.36. The number of amides is 1. The molecule has 2 heterocycles. The summed E-state index contributed by atoms with van der Waals surface area (Å²) in [5.74, 6) is -0.144. The highest BCUT2D eigenvalue weighted by molar-refractivity contribution is 5.65. The van der Waals surface area contributed by atoms with Crippen LogP contribution in [-0.4, -0.2) is 40.2 Å². The van der Waals surface area contributed by atoms with Crippen molar-refractivity contribution in [2.45, 2.75) is 25.8 Å². The molecule has 1 amide bonds. The van der Waals surface area contributed by atoms with Crippen LogP contribution in [0.1, 0.15) is 18.5 Å². The molecule has 8 heteroatoms. The molecule has 2 rings (SSSR count). The first kappa shape index (κ1) is 14.0. The molecule has 2 N–H and O–H groups in total. The number of hydrogen-bond donors (Lipinski definition) is 2. The summed E-state index contributed by atoms with van der Waals surface area (Å²) in [6.45, 7) is 2.84. The van der Waals surface area contributed by atoms with E-state index in [1.807, 2.05) is 4.90 Å². The first-order chi connectivity index (χ1) is 9.47. The molecule has 0 radical (unpaired) electrons. The molecule has 0 aliphatic carbocycles. The van der Waals surface area contributed by atoms with Gasteiger partial charge in [0.15, 0.2) is 0 Å². The van der Waals surface area contributed by atoms with Crippen molar-refractivity contribution in [1.82, 2.24) is 10.3 Å². The van der Waals surface area contributed by atoms with Crippen LogP contribution in [0.2, 0.25) is 0 Å². The van der Waals surface area contributed by atoms with Gasteiger partial charge in [-0.2, -0.15) is 0 Å². The molecule has 1 aromatic rings. The van der Waals surface area contributed by atoms with E-state index in [0.717, 1.165) is 0 Å². The Hall–Kier alpha value is -2.38. The Bertz CT molecular complexity index is 526. The van der Waals surface area contributed by atoms with E-state index in [2.05, 4.69) is 10.3 Å². The van der Waals surface area contributed by atoms with E-state index in [-0.39, 0.29) is 11.9 Å². The maximum Gasteiger partial charge on any atom is 0.404 e. The van der Waals surface area contributed by atoms with Crippen LogP contribution in [0.25, 0.3) is 0 Å². The molecule has 8 nitrogen and oxygen atoms in total. The van der Waals surface area contributed by atoms with Crippen LogP contribution in [0, 0.1) is 17.0 Å². The van der Waals surface area contributed by atoms with Gasteiger partial charge in [-0.25, -0.2) is 4.79 Å². The molecule has 1 fully saturated rings. The predicted octanol–water partition coefficient (Wildman–Crippen LogP) is 1.53. The minimum Gasteiger partial charge on any atom is -0.465 e. The maximum absolute atomic E-state index is 11.1. The van der Waals surface area contributed by atoms with E-state index < -0.39 is 11.0 Å². The number of nitrogens with zero attached hydrogens (tertiary/aromatic N) is 3. The first-order valence-electron chi connectivity index (χ1n) is 6.34. The lowest BCUT2D eigenvalue weighted by atomic mass is 10.0. The van der Waals surface area contributed by atoms with Gasteiger partial charge < -0.3 is 25.4 Å². The fraction of sp³-hybridized carbons (Fsp3) is 0.500. The maximum atomic E-state index is 11.1. The molecule has 0 saturated carbocycles. The summed E-state index contributed by atoms with van der Waals surface area (Å²) in [6.07, 6.45) is 0.209. The Morgan fingerprint density at radius 3 is 2.70 bits per heavy atom. The number of pyridine rings is 1. The van der Waals surface area contributed by atoms with Gasteiger partial charge in [0.2, 0.25) is 0 Å². The minimum absolute atomic E-state index is 0.0961. The number of carboxylic acid groups (broad SMARTS) is 1. The summed E-state index contributed by atoms with van der Waals surface area (Å²) in [7, 11) is 0. The van der Waals surface area contributed by atoms with Gasteiger partial charge in [0.1, 0.15) is 11.4 Å². The van der Waals surface area contributed by atoms with E-state index in [1.54, 1.807) is 19.1 Å². The minimum atomic E-state index is -1.04. The molecule has 0 atom stereocenters. The summed E-state index contributed by atoms with van der Waals surface area (Å²) < 4.78 is 0. The molecule has 108 valence electrons. The van der Waals surface area contributed by atoms with Crippen LogP contribution in [0.4, 0.5) is 16.3 Å². The van der Waals surface area contributed by atoms with Crippen LogP contribution in [-0.2, 0) is 0 Å². The van der Waals surface area contributed by atoms with Gasteiger partial charge in [-0.05, 0) is 34.9 Å². The molecule has 1 aliphatic rings. The van der Waals surface area contributed by atoms with Crippen LogP contribution < -0.4 is 10.2 Å². The SMILES string of the molecule is Cc1ccc(N2CCC(NC(=O)O)CC2)c([N+](=O)[O-])n1. The van der Waals surface area contributed by atoms with Crippen LogP contribution in [0.5, 0.6) is 0 Å². The highest BCUT2D eigenvalue weighted by Crippen LogP contribution is 2.28. The Labute approximate surface area is 115 Å². The molecule has 0 unspecified atom stereocenters. The lowest BCUT2D eigenvalue weighted by Gasteiger charge is -2.32. The van der Waals surface area contributed by atoms with E-state index >= 15 is 0 Å². The van der Waals surface area contributed by atoms with Gasteiger partial charge in [0.25, 0.3) is 0 Å². The van der Waals surface area contributed by atoms with Crippen molar-refractivity contribution >= 4 is 17.6 Å². The third-order valence-corrected chi connectivity index (χ3v) is 3.33. The largest absolute Gasteiger partial charge is 0.465 e. The third kappa shape index (κ3) is 3.14. The van der Waals surface area contributed by atoms with Crippen molar-refractivity contribution in [1.29, 1.82) is 0 Å². The Balaban J connectivity index is 2.11. The van der Waals surface area contributed by atoms with Crippen molar-refractivity contribution in [3.8, 4) is 0 Å². The number of nitro groups is 1. The van der Waals surface area contributed by atoms with E-state index in [1.165, 1.54) is 0 Å². The molecule has 1 saturated heterocycles. The summed E-state index contributed by atoms with van der Waals surface area (Å²) in [6, 6.07) is 3.34. The zero-order chi connectivity index (χ0) is 14.7. The number of piperidine rings is 1. The third-order valence-electron chi connectivity index (χ3n) is 3.33. The number of hydrogen-bond acceptors (Lipinski definition) is 5. The van der Waals surface area contributed by atoms with Crippen LogP contribution >= 0.6 is 0 Å². The smallest absolute Gasteiger partial charge is 0.404 e. The second kappa shape index (κ2) is 5.72. The van der Waals surface area contributed by atoms with E-state index in [4.69, 9.17) is 5.11 Å². The van der Waals surface area contributed by atoms with Crippen LogP contribution in [0.15, 0.2) is 12.1 Å². The fourth-order valence-electron chi connectivity index (χ4n) is 2.36. The highest BCUT2D eigenvalue weighted by Gasteiger charge is 2.26. The summed E-state index contributed by atoms with van der Waals surface area (Å²) in [5, 5.41) is 22.2. The van der Waals surface area contributed by atoms with Crippen molar-refractivity contribution < 1.29 is 14.8 Å². The summed E-state index contributed by atoms with van der Waals surface area (Å²) in [4.78, 5) is 27.0. The molecule has 0 aromatic carbocycles. The quantitative estimate of drug-likeness (QED) is 0.642. The molecule has 0 bridgehead atoms. The standard InChI is InChI=1S/C12H16N4O4/c1-8-2-3-10(11(13-8)16(19)20)15-6-4-9(5-7-15)14-12(17)18/h2-3,9,14H,4-7H2,1H3,(H,17,18). The highest BCUT2D eigenvalue weighted by atomic mass is 16.6. The molecule has 0 spiro atoms. The van der Waals surface area contributed by atoms with Gasteiger partial charge in [0, 0.05) is 26.1 Å². The van der Waals surface area contributed by atoms with Gasteiger partial charge >= 0.3 is 11.9 Å². The Morgan fingerprint density at radius 2 is 2.15 bits per heavy atom. The zero-order valence-electron chi connectivity index (χ0n) is 11.1. The van der Waals surface area contributed by atoms with Gasteiger partial charge in [-0.15, -0.1) is 0 Å². The number of rotatable bonds is 3. The van der Waals surface area contributed by atoms with Crippen molar-refractivity contribution in [2.75, 3.05) is 18.0 Å². The lowest BCUT2D eigenvalue weighted by Crippen LogP contribution is -2.44. The van der Waals surface area contributed by atoms with Gasteiger partial charge in [0.05, 0.1) is 0 Å². The average Bonchev–Trinajstić information content (AvgIpc) is 2.39. The topological polar surface area (TPSA) is 109 Å². The normalized spacial score (nSPS) is 15.9. The van der Waals surface area contributed by atoms with Crippen molar-refractivity contribution in [3.05, 3.63) is 27.9 Å². The molecule has 20 heavy (non-hydrogen) atoms. The number of aryl methyl sites for hydroxylation is 1. The summed E-state index contributed by atoms with van der Waals surface area (Å²) in [5.41, 5.74) is 1.09. The zero-order valence-corrected chi connectivity index (χ0v) is 11.1. The van der Waals surface area contributed by atoms with E-state index in [0.29, 0.717) is 37.3 Å². The van der Waals surface area contributed by atoms with Gasteiger partial charge in [-0.3, -0.25) is 0 Å². The second-order valence-electron chi connectivity index (χ2n) is 4.76. The number of aromatic nitrogens is 1. The first-order valence-corrected chi connectivity index (χ1v) is 6.34. The Morgan fingerprint density at radius 1 is 1.50 bits per heavy atom. The van der Waals surface area contributed by atoms with Gasteiger partial charge in [-0.1, -0.05) is 0 Å². The van der Waals surface area contributed by atoms with Crippen LogP contribution in [0.3, 0.4) is 0 Å². The molecule has 1 aliphatic heterocycles. The molecular weight excluding hydrogens is 264 g/mol. The van der Waals surface area contributed by atoms with Crippen molar-refractivity contribution in [3.63, 3.8) is 0 Å². The summed E-state index contributed by atoms with van der Waals surface area (Å²) >= 11 is 0. The Kier molecular flexibility index (Phi) is 4.02. The number of nitrogens with one attached hydrogen (secondary N) is 1. The molecular formula is C12H16N4O4. The number of carbonyl (C=O) groups is 1. The monoisotopic (exact) mass is 280 g/mol. The predicted molar refractivity (Wildman–Crippen MR) is 72.0 cm³/mol. The molecule has 1 aromatic heterocycles.